The van der Waals surface area contributed by atoms with E-state index in [0.717, 1.165) is 0 Å². The smallest absolute Gasteiger partial charge is 0.443 e. The average Bonchev–Trinajstić information content (AvgIpc) is 3.50. The van der Waals surface area contributed by atoms with Crippen molar-refractivity contribution < 1.29 is 31.8 Å². The normalized spacial score (nSPS) is 20.0. The SMILES string of the molecule is CC(C)NC(=O)O[C@H]1CC[C@@H](c2cc(Nc3nc(C#N)cn4nc(COC(F)(F)F)cc34)n[nH]2)[C@H]1F. The summed E-state index contributed by atoms with van der Waals surface area (Å²) in [5.41, 5.74) is 0.647. The Balaban J connectivity index is 1.49. The summed E-state index contributed by atoms with van der Waals surface area (Å²) >= 11 is 0. The number of halogens is 4. The number of carbonyl (C=O) groups excluding carboxylic acids is 1. The number of H-pyrrole nitrogens is 1. The number of ether oxygens (including phenoxy) is 2. The molecule has 3 aromatic heterocycles. The summed E-state index contributed by atoms with van der Waals surface area (Å²) < 4.78 is 62.4. The first kappa shape index (κ1) is 25.2. The standard InChI is InChI=1S/C21H22F4N8O3/c1-10(2)27-20(34)36-16-4-3-13(18(16)22)14-6-17(31-30-14)29-19-15-5-11(9-35-21(23,24)25)32-33(15)8-12(7-26)28-19/h5-6,8,10,13,16,18H,3-4,9H2,1-2H3,(H,27,34)(H2,28,29,30,31)/t13-,16-,18+/m0/s1. The second-order valence-corrected chi connectivity index (χ2v) is 8.49. The van der Waals surface area contributed by atoms with E-state index < -0.39 is 37.3 Å². The number of alkyl halides is 4. The van der Waals surface area contributed by atoms with Gasteiger partial charge in [0.15, 0.2) is 17.3 Å². The van der Waals surface area contributed by atoms with Crippen LogP contribution in [-0.4, -0.2) is 55.6 Å². The first-order valence-electron chi connectivity index (χ1n) is 11.0. The van der Waals surface area contributed by atoms with Crippen molar-refractivity contribution in [3.05, 3.63) is 35.4 Å². The molecule has 192 valence electrons. The van der Waals surface area contributed by atoms with E-state index in [2.05, 4.69) is 35.7 Å². The number of rotatable bonds is 7. The molecule has 3 atom stereocenters. The van der Waals surface area contributed by atoms with Crippen molar-refractivity contribution in [1.82, 2.24) is 30.1 Å². The zero-order chi connectivity index (χ0) is 26.0. The Bertz CT molecular complexity index is 1280. The van der Waals surface area contributed by atoms with Crippen LogP contribution < -0.4 is 10.6 Å². The third kappa shape index (κ3) is 5.82. The maximum absolute atomic E-state index is 15.0. The van der Waals surface area contributed by atoms with Crippen LogP contribution in [0.2, 0.25) is 0 Å². The Hall–Kier alpha value is -3.93. The van der Waals surface area contributed by atoms with Crippen molar-refractivity contribution in [3.8, 4) is 6.07 Å². The molecular formula is C21H22F4N8O3. The van der Waals surface area contributed by atoms with Crippen LogP contribution in [0.25, 0.3) is 5.52 Å². The van der Waals surface area contributed by atoms with Crippen LogP contribution in [0.5, 0.6) is 0 Å². The molecule has 3 heterocycles. The molecule has 0 saturated heterocycles. The molecule has 1 amide bonds. The van der Waals surface area contributed by atoms with Gasteiger partial charge >= 0.3 is 12.5 Å². The molecule has 36 heavy (non-hydrogen) atoms. The molecule has 1 saturated carbocycles. The lowest BCUT2D eigenvalue weighted by Gasteiger charge is -2.18. The minimum atomic E-state index is -4.82. The van der Waals surface area contributed by atoms with E-state index in [1.165, 1.54) is 16.8 Å². The number of aromatic amines is 1. The van der Waals surface area contributed by atoms with Gasteiger partial charge in [0.2, 0.25) is 0 Å². The molecule has 4 rings (SSSR count). The number of amides is 1. The Morgan fingerprint density at radius 3 is 2.83 bits per heavy atom. The molecule has 1 aliphatic rings. The topological polar surface area (TPSA) is 142 Å². The van der Waals surface area contributed by atoms with Crippen molar-refractivity contribution >= 4 is 23.2 Å². The second kappa shape index (κ2) is 9.97. The summed E-state index contributed by atoms with van der Waals surface area (Å²) in [6.45, 7) is 2.71. The molecule has 3 N–H and O–H groups in total. The van der Waals surface area contributed by atoms with Crippen LogP contribution in [0, 0.1) is 11.3 Å². The number of carbonyl (C=O) groups is 1. The number of fused-ring (bicyclic) bond motifs is 1. The highest BCUT2D eigenvalue weighted by atomic mass is 19.4. The number of aromatic nitrogens is 5. The second-order valence-electron chi connectivity index (χ2n) is 8.49. The van der Waals surface area contributed by atoms with Gasteiger partial charge in [0, 0.05) is 23.7 Å². The number of alkyl carbamates (subject to hydrolysis) is 1. The van der Waals surface area contributed by atoms with Gasteiger partial charge in [0.1, 0.15) is 30.5 Å². The molecule has 0 radical (unpaired) electrons. The third-order valence-electron chi connectivity index (χ3n) is 5.41. The monoisotopic (exact) mass is 510 g/mol. The molecule has 0 unspecified atom stereocenters. The van der Waals surface area contributed by atoms with Gasteiger partial charge in [0.25, 0.3) is 0 Å². The fourth-order valence-corrected chi connectivity index (χ4v) is 3.91. The van der Waals surface area contributed by atoms with Gasteiger partial charge < -0.3 is 15.4 Å². The van der Waals surface area contributed by atoms with Crippen LogP contribution in [0.3, 0.4) is 0 Å². The van der Waals surface area contributed by atoms with Crippen molar-refractivity contribution in [1.29, 1.82) is 5.26 Å². The zero-order valence-electron chi connectivity index (χ0n) is 19.1. The Morgan fingerprint density at radius 1 is 1.36 bits per heavy atom. The summed E-state index contributed by atoms with van der Waals surface area (Å²) in [5, 5.41) is 25.6. The van der Waals surface area contributed by atoms with E-state index in [0.29, 0.717) is 18.5 Å². The maximum atomic E-state index is 15.0. The van der Waals surface area contributed by atoms with Crippen molar-refractivity contribution in [2.45, 2.75) is 63.9 Å². The third-order valence-corrected chi connectivity index (χ3v) is 5.41. The highest BCUT2D eigenvalue weighted by Crippen LogP contribution is 2.38. The van der Waals surface area contributed by atoms with E-state index >= 15 is 4.39 Å². The molecular weight excluding hydrogens is 488 g/mol. The molecule has 0 aromatic carbocycles. The predicted octanol–water partition coefficient (Wildman–Crippen LogP) is 3.82. The minimum absolute atomic E-state index is 0.0336. The van der Waals surface area contributed by atoms with E-state index in [1.54, 1.807) is 19.9 Å². The van der Waals surface area contributed by atoms with Gasteiger partial charge in [-0.25, -0.2) is 18.7 Å². The largest absolute Gasteiger partial charge is 0.522 e. The summed E-state index contributed by atoms with van der Waals surface area (Å²) in [4.78, 5) is 16.0. The van der Waals surface area contributed by atoms with Crippen LogP contribution in [0.1, 0.15) is 49.7 Å². The van der Waals surface area contributed by atoms with Gasteiger partial charge in [-0.2, -0.15) is 15.5 Å². The van der Waals surface area contributed by atoms with E-state index in [-0.39, 0.29) is 34.6 Å². The number of nitrogens with zero attached hydrogens (tertiary/aromatic N) is 5. The maximum Gasteiger partial charge on any atom is 0.522 e. The number of nitriles is 1. The van der Waals surface area contributed by atoms with Gasteiger partial charge in [-0.1, -0.05) is 0 Å². The number of nitrogens with one attached hydrogen (secondary N) is 3. The molecule has 0 aliphatic heterocycles. The van der Waals surface area contributed by atoms with Crippen LogP contribution >= 0.6 is 0 Å². The van der Waals surface area contributed by atoms with Gasteiger partial charge in [-0.05, 0) is 32.8 Å². The van der Waals surface area contributed by atoms with Crippen molar-refractivity contribution in [3.63, 3.8) is 0 Å². The lowest BCUT2D eigenvalue weighted by molar-refractivity contribution is -0.330. The lowest BCUT2D eigenvalue weighted by Crippen LogP contribution is -2.36. The van der Waals surface area contributed by atoms with Crippen LogP contribution in [-0.2, 0) is 16.1 Å². The van der Waals surface area contributed by atoms with Gasteiger partial charge in [-0.3, -0.25) is 9.84 Å². The summed E-state index contributed by atoms with van der Waals surface area (Å²) in [6.07, 6.45) is -5.84. The highest BCUT2D eigenvalue weighted by Gasteiger charge is 2.41. The Labute approximate surface area is 201 Å². The minimum Gasteiger partial charge on any atom is -0.443 e. The molecule has 15 heteroatoms. The molecule has 11 nitrogen and oxygen atoms in total. The first-order chi connectivity index (χ1) is 17.0. The number of hydrogen-bond donors (Lipinski definition) is 3. The fraction of sp³-hybridized carbons (Fsp3) is 0.476. The number of anilines is 2. The predicted molar refractivity (Wildman–Crippen MR) is 116 cm³/mol. The Morgan fingerprint density at radius 2 is 2.14 bits per heavy atom. The van der Waals surface area contributed by atoms with Gasteiger partial charge in [0.05, 0.1) is 11.9 Å². The van der Waals surface area contributed by atoms with Crippen molar-refractivity contribution in [2.24, 2.45) is 0 Å². The van der Waals surface area contributed by atoms with E-state index in [4.69, 9.17) is 4.74 Å². The van der Waals surface area contributed by atoms with Crippen molar-refractivity contribution in [2.75, 3.05) is 5.32 Å². The molecule has 3 aromatic rings. The summed E-state index contributed by atoms with van der Waals surface area (Å²) in [7, 11) is 0. The summed E-state index contributed by atoms with van der Waals surface area (Å²) in [6, 6.07) is 4.59. The fourth-order valence-electron chi connectivity index (χ4n) is 3.91. The highest BCUT2D eigenvalue weighted by molar-refractivity contribution is 5.73. The average molecular weight is 510 g/mol. The molecule has 1 fully saturated rings. The molecule has 1 aliphatic carbocycles. The number of hydrogen-bond acceptors (Lipinski definition) is 8. The quantitative estimate of drug-likeness (QED) is 0.407. The first-order valence-corrected chi connectivity index (χ1v) is 11.0. The van der Waals surface area contributed by atoms with Crippen LogP contribution in [0.4, 0.5) is 34.0 Å². The van der Waals surface area contributed by atoms with Gasteiger partial charge in [-0.15, -0.1) is 13.2 Å². The Kier molecular flexibility index (Phi) is 6.97. The van der Waals surface area contributed by atoms with E-state index in [9.17, 15) is 23.2 Å². The summed E-state index contributed by atoms with van der Waals surface area (Å²) in [5.74, 6) is -0.255. The molecule has 0 spiro atoms. The van der Waals surface area contributed by atoms with Crippen LogP contribution in [0.15, 0.2) is 18.3 Å². The zero-order valence-corrected chi connectivity index (χ0v) is 19.1. The van der Waals surface area contributed by atoms with E-state index in [1.807, 2.05) is 6.07 Å². The molecule has 0 bridgehead atoms. The lowest BCUT2D eigenvalue weighted by atomic mass is 10.0.